The zero-order chi connectivity index (χ0) is 17.8. The van der Waals surface area contributed by atoms with Crippen molar-refractivity contribution in [2.45, 2.75) is 19.6 Å². The molecule has 1 atom stereocenters. The van der Waals surface area contributed by atoms with E-state index in [1.807, 2.05) is 47.9 Å². The second-order valence-corrected chi connectivity index (χ2v) is 5.51. The van der Waals surface area contributed by atoms with Crippen LogP contribution in [0.25, 0.3) is 11.0 Å². The summed E-state index contributed by atoms with van der Waals surface area (Å²) in [5.74, 6) is 0.148. The second-order valence-electron chi connectivity index (χ2n) is 5.51. The summed E-state index contributed by atoms with van der Waals surface area (Å²) in [6, 6.07) is 16.7. The summed E-state index contributed by atoms with van der Waals surface area (Å²) in [6.45, 7) is 2.61. The topological polar surface area (TPSA) is 79.9 Å². The number of aromatic nitrogens is 2. The average molecular weight is 334 g/mol. The lowest BCUT2D eigenvalue weighted by Gasteiger charge is -2.15. The number of rotatable bonds is 5. The molecule has 6 heteroatoms. The number of anilines is 1. The van der Waals surface area contributed by atoms with Gasteiger partial charge < -0.3 is 9.30 Å². The summed E-state index contributed by atoms with van der Waals surface area (Å²) in [4.78, 5) is 17.1. The van der Waals surface area contributed by atoms with E-state index in [1.54, 1.807) is 12.1 Å². The predicted molar refractivity (Wildman–Crippen MR) is 94.9 cm³/mol. The van der Waals surface area contributed by atoms with Crippen molar-refractivity contribution in [3.05, 3.63) is 59.7 Å². The average Bonchev–Trinajstić information content (AvgIpc) is 2.99. The first kappa shape index (κ1) is 16.7. The Labute approximate surface area is 145 Å². The molecular weight excluding hydrogens is 316 g/mol. The van der Waals surface area contributed by atoms with E-state index in [9.17, 15) is 4.79 Å². The van der Waals surface area contributed by atoms with Crippen molar-refractivity contribution >= 4 is 22.9 Å². The summed E-state index contributed by atoms with van der Waals surface area (Å²) in [6.07, 6.45) is -0.721. The molecule has 0 radical (unpaired) electrons. The zero-order valence-corrected chi connectivity index (χ0v) is 14.1. The fraction of sp³-hybridized carbons (Fsp3) is 0.211. The number of carbonyl (C=O) groups excluding carboxylic acids is 1. The maximum absolute atomic E-state index is 12.7. The molecule has 0 spiro atoms. The molecule has 0 aliphatic heterocycles. The predicted octanol–water partition coefficient (Wildman–Crippen LogP) is 3.25. The Morgan fingerprint density at radius 1 is 1.32 bits per heavy atom. The smallest absolute Gasteiger partial charge is 0.260 e. The highest BCUT2D eigenvalue weighted by molar-refractivity contribution is 5.95. The first-order valence-corrected chi connectivity index (χ1v) is 7.97. The van der Waals surface area contributed by atoms with Crippen molar-refractivity contribution in [2.75, 3.05) is 12.4 Å². The highest BCUT2D eigenvalue weighted by Crippen LogP contribution is 2.23. The van der Waals surface area contributed by atoms with E-state index in [1.165, 1.54) is 7.11 Å². The number of hydrogen-bond donors (Lipinski definition) is 1. The Kier molecular flexibility index (Phi) is 4.78. The van der Waals surface area contributed by atoms with Crippen LogP contribution < -0.4 is 5.32 Å². The van der Waals surface area contributed by atoms with Gasteiger partial charge in [-0.1, -0.05) is 30.3 Å². The number of hydrogen-bond acceptors (Lipinski definition) is 4. The molecule has 0 fully saturated rings. The number of nitrogens with one attached hydrogen (secondary N) is 1. The quantitative estimate of drug-likeness (QED) is 0.776. The number of nitriles is 1. The van der Waals surface area contributed by atoms with Crippen LogP contribution in [0.4, 0.5) is 5.95 Å². The van der Waals surface area contributed by atoms with Gasteiger partial charge in [0.15, 0.2) is 6.10 Å². The molecule has 1 amide bonds. The third-order valence-electron chi connectivity index (χ3n) is 4.00. The molecule has 1 heterocycles. The SMILES string of the molecule is CCn1c(NC(=O)[C@H](OC)c2ccccc2)nc2cc(C#N)ccc21. The number of aryl methyl sites for hydroxylation is 1. The number of methoxy groups -OCH3 is 1. The van der Waals surface area contributed by atoms with Gasteiger partial charge in [-0.3, -0.25) is 10.1 Å². The van der Waals surface area contributed by atoms with Crippen molar-refractivity contribution < 1.29 is 9.53 Å². The first-order valence-electron chi connectivity index (χ1n) is 7.97. The molecule has 0 saturated carbocycles. The van der Waals surface area contributed by atoms with E-state index in [4.69, 9.17) is 10.00 Å². The Morgan fingerprint density at radius 3 is 2.72 bits per heavy atom. The van der Waals surface area contributed by atoms with Gasteiger partial charge in [-0.05, 0) is 30.7 Å². The van der Waals surface area contributed by atoms with Crippen LogP contribution in [0, 0.1) is 11.3 Å². The van der Waals surface area contributed by atoms with Gasteiger partial charge in [0.1, 0.15) is 0 Å². The molecule has 3 rings (SSSR count). The van der Waals surface area contributed by atoms with Gasteiger partial charge in [0.2, 0.25) is 5.95 Å². The highest BCUT2D eigenvalue weighted by atomic mass is 16.5. The Morgan fingerprint density at radius 2 is 2.08 bits per heavy atom. The molecule has 1 N–H and O–H groups in total. The molecule has 0 bridgehead atoms. The first-order chi connectivity index (χ1) is 12.2. The van der Waals surface area contributed by atoms with Crippen LogP contribution in [0.3, 0.4) is 0 Å². The monoisotopic (exact) mass is 334 g/mol. The summed E-state index contributed by atoms with van der Waals surface area (Å²) in [5, 5.41) is 11.9. The lowest BCUT2D eigenvalue weighted by atomic mass is 10.1. The fourth-order valence-corrected chi connectivity index (χ4v) is 2.81. The van der Waals surface area contributed by atoms with Gasteiger partial charge in [-0.15, -0.1) is 0 Å². The van der Waals surface area contributed by atoms with E-state index < -0.39 is 6.10 Å². The Hall–Kier alpha value is -3.17. The maximum Gasteiger partial charge on any atom is 0.260 e. The molecule has 0 aliphatic rings. The minimum Gasteiger partial charge on any atom is -0.367 e. The summed E-state index contributed by atoms with van der Waals surface area (Å²) >= 11 is 0. The number of fused-ring (bicyclic) bond motifs is 1. The molecule has 3 aromatic rings. The standard InChI is InChI=1S/C19H18N4O2/c1-3-23-16-10-9-13(12-20)11-15(16)21-19(23)22-18(24)17(25-2)14-7-5-4-6-8-14/h4-11,17H,3H2,1-2H3,(H,21,22,24)/t17-/m1/s1. The van der Waals surface area contributed by atoms with Gasteiger partial charge in [0, 0.05) is 13.7 Å². The second kappa shape index (κ2) is 7.16. The van der Waals surface area contributed by atoms with Crippen molar-refractivity contribution in [3.63, 3.8) is 0 Å². The van der Waals surface area contributed by atoms with Gasteiger partial charge in [-0.2, -0.15) is 5.26 Å². The number of amides is 1. The summed E-state index contributed by atoms with van der Waals surface area (Å²) in [5.41, 5.74) is 2.84. The summed E-state index contributed by atoms with van der Waals surface area (Å²) < 4.78 is 7.26. The van der Waals surface area contributed by atoms with Gasteiger partial charge in [0.25, 0.3) is 5.91 Å². The molecule has 0 aliphatic carbocycles. The van der Waals surface area contributed by atoms with Crippen molar-refractivity contribution in [1.82, 2.24) is 9.55 Å². The van der Waals surface area contributed by atoms with Crippen LogP contribution in [0.5, 0.6) is 0 Å². The molecule has 0 saturated heterocycles. The Balaban J connectivity index is 1.94. The molecule has 1 aromatic heterocycles. The van der Waals surface area contributed by atoms with Crippen LogP contribution in [0.1, 0.15) is 24.2 Å². The van der Waals surface area contributed by atoms with E-state index >= 15 is 0 Å². The highest BCUT2D eigenvalue weighted by Gasteiger charge is 2.22. The van der Waals surface area contributed by atoms with Crippen LogP contribution in [-0.4, -0.2) is 22.6 Å². The zero-order valence-electron chi connectivity index (χ0n) is 14.1. The summed E-state index contributed by atoms with van der Waals surface area (Å²) in [7, 11) is 1.50. The number of imidazole rings is 1. The van der Waals surface area contributed by atoms with Crippen LogP contribution >= 0.6 is 0 Å². The van der Waals surface area contributed by atoms with E-state index in [0.29, 0.717) is 23.6 Å². The molecule has 2 aromatic carbocycles. The lowest BCUT2D eigenvalue weighted by molar-refractivity contribution is -0.126. The molecule has 126 valence electrons. The lowest BCUT2D eigenvalue weighted by Crippen LogP contribution is -2.24. The third-order valence-corrected chi connectivity index (χ3v) is 4.00. The largest absolute Gasteiger partial charge is 0.367 e. The van der Waals surface area contributed by atoms with Crippen molar-refractivity contribution in [1.29, 1.82) is 5.26 Å². The number of ether oxygens (including phenoxy) is 1. The fourth-order valence-electron chi connectivity index (χ4n) is 2.81. The van der Waals surface area contributed by atoms with Gasteiger partial charge in [0.05, 0.1) is 22.7 Å². The molecule has 6 nitrogen and oxygen atoms in total. The van der Waals surface area contributed by atoms with Crippen LogP contribution in [-0.2, 0) is 16.1 Å². The molecular formula is C19H18N4O2. The van der Waals surface area contributed by atoms with E-state index in [0.717, 1.165) is 11.1 Å². The van der Waals surface area contributed by atoms with Crippen molar-refractivity contribution in [2.24, 2.45) is 0 Å². The number of nitrogens with zero attached hydrogens (tertiary/aromatic N) is 3. The molecule has 25 heavy (non-hydrogen) atoms. The van der Waals surface area contributed by atoms with Gasteiger partial charge in [-0.25, -0.2) is 4.98 Å². The number of carbonyl (C=O) groups is 1. The normalized spacial score (nSPS) is 11.9. The van der Waals surface area contributed by atoms with Crippen LogP contribution in [0.2, 0.25) is 0 Å². The van der Waals surface area contributed by atoms with Crippen molar-refractivity contribution in [3.8, 4) is 6.07 Å². The Bertz CT molecular complexity index is 941. The van der Waals surface area contributed by atoms with Crippen LogP contribution in [0.15, 0.2) is 48.5 Å². The molecule has 0 unspecified atom stereocenters. The van der Waals surface area contributed by atoms with Gasteiger partial charge >= 0.3 is 0 Å². The minimum absolute atomic E-state index is 0.292. The minimum atomic E-state index is -0.721. The third kappa shape index (κ3) is 3.23. The maximum atomic E-state index is 12.7. The number of benzene rings is 2. The van der Waals surface area contributed by atoms with E-state index in [2.05, 4.69) is 16.4 Å². The van der Waals surface area contributed by atoms with E-state index in [-0.39, 0.29) is 5.91 Å².